The highest BCUT2D eigenvalue weighted by Gasteiger charge is 2.32. The zero-order valence-electron chi connectivity index (χ0n) is 16.1. The molecule has 0 amide bonds. The first-order valence-electron chi connectivity index (χ1n) is 9.45. The summed E-state index contributed by atoms with van der Waals surface area (Å²) >= 11 is 3.64. The topological polar surface area (TPSA) is 60.0 Å². The number of nitrogens with one attached hydrogen (secondary N) is 2. The SMILES string of the molecule is CC1=C2c3ccc(Br)cc3C(Nc3ccc(OCCO)cc3)CCN2NN1C. The second-order valence-corrected chi connectivity index (χ2v) is 7.97. The number of allylic oxidation sites excluding steroid dienone is 1. The van der Waals surface area contributed by atoms with Gasteiger partial charge in [0.15, 0.2) is 0 Å². The van der Waals surface area contributed by atoms with Crippen LogP contribution in [-0.2, 0) is 0 Å². The van der Waals surface area contributed by atoms with E-state index in [1.54, 1.807) is 0 Å². The lowest BCUT2D eigenvalue weighted by Crippen LogP contribution is -2.39. The monoisotopic (exact) mass is 444 g/mol. The zero-order chi connectivity index (χ0) is 19.7. The van der Waals surface area contributed by atoms with Crippen molar-refractivity contribution in [1.82, 2.24) is 15.6 Å². The molecular weight excluding hydrogens is 420 g/mol. The van der Waals surface area contributed by atoms with Crippen LogP contribution in [0.2, 0.25) is 0 Å². The Balaban J connectivity index is 1.64. The van der Waals surface area contributed by atoms with Crippen LogP contribution in [0.5, 0.6) is 5.75 Å². The Kier molecular flexibility index (Phi) is 5.48. The van der Waals surface area contributed by atoms with Gasteiger partial charge in [0.05, 0.1) is 24.0 Å². The normalized spacial score (nSPS) is 18.6. The maximum Gasteiger partial charge on any atom is 0.119 e. The van der Waals surface area contributed by atoms with E-state index in [0.717, 1.165) is 28.9 Å². The summed E-state index contributed by atoms with van der Waals surface area (Å²) in [6, 6.07) is 14.6. The molecule has 148 valence electrons. The molecule has 0 spiro atoms. The number of hydrazine groups is 2. The Bertz CT molecular complexity index is 884. The molecule has 2 heterocycles. The van der Waals surface area contributed by atoms with E-state index in [-0.39, 0.29) is 12.6 Å². The maximum absolute atomic E-state index is 8.89. The van der Waals surface area contributed by atoms with Gasteiger partial charge in [0.1, 0.15) is 12.4 Å². The second kappa shape index (κ2) is 8.03. The third kappa shape index (κ3) is 3.70. The summed E-state index contributed by atoms with van der Waals surface area (Å²) in [5, 5.41) is 16.9. The molecule has 0 bridgehead atoms. The first-order chi connectivity index (χ1) is 13.6. The molecule has 0 saturated carbocycles. The fourth-order valence-corrected chi connectivity index (χ4v) is 4.15. The Morgan fingerprint density at radius 3 is 2.79 bits per heavy atom. The molecule has 2 aromatic rings. The Morgan fingerprint density at radius 1 is 1.25 bits per heavy atom. The molecular formula is C21H25BrN4O2. The van der Waals surface area contributed by atoms with Gasteiger partial charge in [-0.15, -0.1) is 5.53 Å². The molecule has 3 N–H and O–H groups in total. The minimum atomic E-state index is 0.0166. The van der Waals surface area contributed by atoms with E-state index in [1.807, 2.05) is 31.3 Å². The van der Waals surface area contributed by atoms with Gasteiger partial charge in [-0.05, 0) is 55.3 Å². The van der Waals surface area contributed by atoms with Crippen LogP contribution in [0.25, 0.3) is 5.70 Å². The van der Waals surface area contributed by atoms with Crippen LogP contribution < -0.4 is 15.6 Å². The first-order valence-corrected chi connectivity index (χ1v) is 10.2. The van der Waals surface area contributed by atoms with Crippen LogP contribution in [0.3, 0.4) is 0 Å². The fraction of sp³-hybridized carbons (Fsp3) is 0.333. The minimum Gasteiger partial charge on any atom is -0.491 e. The predicted molar refractivity (Wildman–Crippen MR) is 114 cm³/mol. The molecule has 2 aliphatic heterocycles. The molecule has 0 aliphatic carbocycles. The quantitative estimate of drug-likeness (QED) is 0.652. The summed E-state index contributed by atoms with van der Waals surface area (Å²) in [7, 11) is 2.05. The van der Waals surface area contributed by atoms with E-state index in [0.29, 0.717) is 6.61 Å². The van der Waals surface area contributed by atoms with E-state index in [1.165, 1.54) is 22.5 Å². The van der Waals surface area contributed by atoms with Crippen LogP contribution in [0, 0.1) is 0 Å². The van der Waals surface area contributed by atoms with Crippen LogP contribution in [-0.4, -0.2) is 41.9 Å². The average Bonchev–Trinajstić information content (AvgIpc) is 2.89. The number of hydrogen-bond donors (Lipinski definition) is 3. The largest absolute Gasteiger partial charge is 0.491 e. The molecule has 0 aromatic heterocycles. The highest BCUT2D eigenvalue weighted by Crippen LogP contribution is 2.39. The van der Waals surface area contributed by atoms with Crippen molar-refractivity contribution in [2.45, 2.75) is 19.4 Å². The number of nitrogens with zero attached hydrogens (tertiary/aromatic N) is 2. The number of fused-ring (bicyclic) bond motifs is 3. The summed E-state index contributed by atoms with van der Waals surface area (Å²) in [5.41, 5.74) is 9.46. The van der Waals surface area contributed by atoms with Crippen molar-refractivity contribution in [2.75, 3.05) is 32.1 Å². The van der Waals surface area contributed by atoms with E-state index in [9.17, 15) is 0 Å². The van der Waals surface area contributed by atoms with Crippen molar-refractivity contribution in [2.24, 2.45) is 0 Å². The number of rotatable bonds is 5. The van der Waals surface area contributed by atoms with Gasteiger partial charge in [0.25, 0.3) is 0 Å². The zero-order valence-corrected chi connectivity index (χ0v) is 17.7. The van der Waals surface area contributed by atoms with Gasteiger partial charge in [0, 0.05) is 29.3 Å². The maximum atomic E-state index is 8.89. The lowest BCUT2D eigenvalue weighted by molar-refractivity contribution is 0.160. The minimum absolute atomic E-state index is 0.0166. The van der Waals surface area contributed by atoms with E-state index >= 15 is 0 Å². The molecule has 1 atom stereocenters. The standard InChI is InChI=1S/C21H25BrN4O2/c1-14-21-18-8-3-15(22)13-19(18)20(9-10-26(21)24-25(14)2)23-16-4-6-17(7-5-16)28-12-11-27/h3-8,13,20,23-24,27H,9-12H2,1-2H3. The molecule has 7 heteroatoms. The number of anilines is 1. The summed E-state index contributed by atoms with van der Waals surface area (Å²) in [6.45, 7) is 3.37. The molecule has 4 rings (SSSR count). The summed E-state index contributed by atoms with van der Waals surface area (Å²) in [4.78, 5) is 0. The van der Waals surface area contributed by atoms with Gasteiger partial charge in [-0.3, -0.25) is 10.0 Å². The third-order valence-corrected chi connectivity index (χ3v) is 5.72. The van der Waals surface area contributed by atoms with Gasteiger partial charge < -0.3 is 15.2 Å². The molecule has 2 aliphatic rings. The Labute approximate surface area is 173 Å². The number of aliphatic hydroxyl groups excluding tert-OH is 1. The van der Waals surface area contributed by atoms with Crippen molar-refractivity contribution in [3.63, 3.8) is 0 Å². The Hall–Kier alpha value is -2.22. The van der Waals surface area contributed by atoms with Crippen molar-refractivity contribution < 1.29 is 9.84 Å². The van der Waals surface area contributed by atoms with Crippen LogP contribution in [0.1, 0.15) is 30.5 Å². The highest BCUT2D eigenvalue weighted by molar-refractivity contribution is 9.10. The van der Waals surface area contributed by atoms with Gasteiger partial charge in [-0.25, -0.2) is 0 Å². The molecule has 0 saturated heterocycles. The average molecular weight is 445 g/mol. The number of halogens is 1. The van der Waals surface area contributed by atoms with Gasteiger partial charge in [-0.2, -0.15) is 0 Å². The van der Waals surface area contributed by atoms with Crippen molar-refractivity contribution in [1.29, 1.82) is 0 Å². The highest BCUT2D eigenvalue weighted by atomic mass is 79.9. The van der Waals surface area contributed by atoms with Crippen molar-refractivity contribution >= 4 is 27.3 Å². The fourth-order valence-electron chi connectivity index (χ4n) is 3.78. The number of aliphatic hydroxyl groups is 1. The molecule has 0 fully saturated rings. The van der Waals surface area contributed by atoms with E-state index in [4.69, 9.17) is 9.84 Å². The van der Waals surface area contributed by atoms with Gasteiger partial charge in [-0.1, -0.05) is 22.0 Å². The van der Waals surface area contributed by atoms with Crippen LogP contribution >= 0.6 is 15.9 Å². The number of ether oxygens (including phenoxy) is 1. The Morgan fingerprint density at radius 2 is 2.04 bits per heavy atom. The first kappa shape index (κ1) is 19.1. The molecule has 0 radical (unpaired) electrons. The lowest BCUT2D eigenvalue weighted by Gasteiger charge is -2.23. The van der Waals surface area contributed by atoms with Gasteiger partial charge >= 0.3 is 0 Å². The van der Waals surface area contributed by atoms with Crippen LogP contribution in [0.4, 0.5) is 5.69 Å². The molecule has 1 unspecified atom stereocenters. The summed E-state index contributed by atoms with van der Waals surface area (Å²) < 4.78 is 6.53. The predicted octanol–water partition coefficient (Wildman–Crippen LogP) is 3.73. The van der Waals surface area contributed by atoms with E-state index < -0.39 is 0 Å². The molecule has 2 aromatic carbocycles. The van der Waals surface area contributed by atoms with Gasteiger partial charge in [0.2, 0.25) is 0 Å². The smallest absolute Gasteiger partial charge is 0.119 e. The second-order valence-electron chi connectivity index (χ2n) is 7.06. The lowest BCUT2D eigenvalue weighted by atomic mass is 9.97. The number of hydrogen-bond acceptors (Lipinski definition) is 6. The van der Waals surface area contributed by atoms with Crippen molar-refractivity contribution in [3.05, 3.63) is 63.8 Å². The molecule has 6 nitrogen and oxygen atoms in total. The van der Waals surface area contributed by atoms with Crippen LogP contribution in [0.15, 0.2) is 52.6 Å². The molecule has 28 heavy (non-hydrogen) atoms. The third-order valence-electron chi connectivity index (χ3n) is 5.23. The van der Waals surface area contributed by atoms with Crippen molar-refractivity contribution in [3.8, 4) is 5.75 Å². The van der Waals surface area contributed by atoms with E-state index in [2.05, 4.69) is 61.9 Å². The number of benzene rings is 2. The summed E-state index contributed by atoms with van der Waals surface area (Å²) in [6.07, 6.45) is 0.962. The summed E-state index contributed by atoms with van der Waals surface area (Å²) in [5.74, 6) is 0.761.